The van der Waals surface area contributed by atoms with Crippen LogP contribution in [0.25, 0.3) is 11.0 Å². The van der Waals surface area contributed by atoms with E-state index >= 15 is 0 Å². The van der Waals surface area contributed by atoms with E-state index in [1.807, 2.05) is 31.2 Å². The van der Waals surface area contributed by atoms with E-state index in [2.05, 4.69) is 15.9 Å². The second kappa shape index (κ2) is 8.41. The van der Waals surface area contributed by atoms with Crippen molar-refractivity contribution in [2.45, 2.75) is 13.0 Å². The number of amides is 1. The minimum Gasteiger partial charge on any atom is -0.497 e. The first-order chi connectivity index (χ1) is 16.0. The van der Waals surface area contributed by atoms with E-state index in [9.17, 15) is 9.59 Å². The van der Waals surface area contributed by atoms with Crippen LogP contribution in [0.4, 0.5) is 5.69 Å². The maximum Gasteiger partial charge on any atom is 0.295 e. The van der Waals surface area contributed by atoms with Gasteiger partial charge in [0.25, 0.3) is 5.91 Å². The molecule has 0 saturated carbocycles. The van der Waals surface area contributed by atoms with Gasteiger partial charge < -0.3 is 13.9 Å². The molecule has 1 unspecified atom stereocenters. The van der Waals surface area contributed by atoms with Crippen molar-refractivity contribution in [3.63, 3.8) is 0 Å². The van der Waals surface area contributed by atoms with Crippen LogP contribution in [-0.4, -0.2) is 19.6 Å². The van der Waals surface area contributed by atoms with Gasteiger partial charge in [-0.25, -0.2) is 0 Å². The molecule has 1 aliphatic heterocycles. The molecule has 0 N–H and O–H groups in total. The summed E-state index contributed by atoms with van der Waals surface area (Å²) in [5.74, 6) is 1.09. The topological polar surface area (TPSA) is 69.0 Å². The van der Waals surface area contributed by atoms with Crippen molar-refractivity contribution in [3.8, 4) is 11.5 Å². The Bertz CT molecular complexity index is 1410. The first-order valence-electron chi connectivity index (χ1n) is 10.5. The van der Waals surface area contributed by atoms with Crippen LogP contribution in [0.1, 0.15) is 34.6 Å². The summed E-state index contributed by atoms with van der Waals surface area (Å²) in [7, 11) is 1.58. The van der Waals surface area contributed by atoms with Gasteiger partial charge in [-0.05, 0) is 67.1 Å². The summed E-state index contributed by atoms with van der Waals surface area (Å²) in [6, 6.07) is 19.1. The van der Waals surface area contributed by atoms with Crippen LogP contribution in [0, 0.1) is 0 Å². The minimum atomic E-state index is -0.642. The third-order valence-corrected chi connectivity index (χ3v) is 6.18. The smallest absolute Gasteiger partial charge is 0.295 e. The van der Waals surface area contributed by atoms with Gasteiger partial charge in [-0.1, -0.05) is 28.1 Å². The number of carbonyl (C=O) groups is 1. The van der Waals surface area contributed by atoms with Gasteiger partial charge in [-0.3, -0.25) is 14.5 Å². The highest BCUT2D eigenvalue weighted by Crippen LogP contribution is 2.42. The number of carbonyl (C=O) groups excluding carboxylic acids is 1. The fraction of sp³-hybridized carbons (Fsp3) is 0.154. The number of anilines is 1. The average Bonchev–Trinajstić information content (AvgIpc) is 3.13. The van der Waals surface area contributed by atoms with Gasteiger partial charge in [0, 0.05) is 10.2 Å². The molecule has 1 amide bonds. The fourth-order valence-electron chi connectivity index (χ4n) is 4.18. The first kappa shape index (κ1) is 21.3. The Morgan fingerprint density at radius 2 is 1.67 bits per heavy atom. The van der Waals surface area contributed by atoms with Crippen molar-refractivity contribution >= 4 is 38.5 Å². The lowest BCUT2D eigenvalue weighted by Gasteiger charge is -2.25. The van der Waals surface area contributed by atoms with Gasteiger partial charge in [-0.15, -0.1) is 0 Å². The second-order valence-electron chi connectivity index (χ2n) is 7.59. The van der Waals surface area contributed by atoms with E-state index in [-0.39, 0.29) is 17.1 Å². The van der Waals surface area contributed by atoms with Crippen molar-refractivity contribution < 1.29 is 18.7 Å². The largest absolute Gasteiger partial charge is 0.497 e. The Morgan fingerprint density at radius 3 is 2.33 bits per heavy atom. The van der Waals surface area contributed by atoms with E-state index in [0.29, 0.717) is 34.6 Å². The molecule has 0 fully saturated rings. The monoisotopic (exact) mass is 505 g/mol. The number of hydrogen-bond acceptors (Lipinski definition) is 5. The number of methoxy groups -OCH3 is 1. The molecule has 1 aliphatic rings. The number of hydrogen-bond donors (Lipinski definition) is 0. The maximum absolute atomic E-state index is 13.6. The zero-order valence-electron chi connectivity index (χ0n) is 18.0. The number of fused-ring (bicyclic) bond motifs is 2. The Balaban J connectivity index is 1.74. The molecule has 1 atom stereocenters. The van der Waals surface area contributed by atoms with Crippen LogP contribution in [0.15, 0.2) is 80.4 Å². The van der Waals surface area contributed by atoms with Gasteiger partial charge in [0.2, 0.25) is 5.76 Å². The predicted octanol–water partition coefficient (Wildman–Crippen LogP) is 5.71. The van der Waals surface area contributed by atoms with E-state index in [1.54, 1.807) is 54.5 Å². The maximum atomic E-state index is 13.6. The Kier molecular flexibility index (Phi) is 5.42. The van der Waals surface area contributed by atoms with Crippen LogP contribution in [0.5, 0.6) is 11.5 Å². The molecule has 0 aliphatic carbocycles. The van der Waals surface area contributed by atoms with Crippen LogP contribution in [-0.2, 0) is 0 Å². The van der Waals surface area contributed by atoms with Crippen molar-refractivity contribution in [3.05, 3.63) is 98.3 Å². The SMILES string of the molecule is CCOc1ccc(C2c3c(oc4ccc(Br)cc4c3=O)C(=O)N2c2ccc(OC)cc2)cc1. The van der Waals surface area contributed by atoms with Gasteiger partial charge in [-0.2, -0.15) is 0 Å². The van der Waals surface area contributed by atoms with E-state index in [4.69, 9.17) is 13.9 Å². The molecule has 5 rings (SSSR count). The molecular formula is C26H20BrNO5. The normalized spacial score (nSPS) is 15.1. The quantitative estimate of drug-likeness (QED) is 0.347. The van der Waals surface area contributed by atoms with Gasteiger partial charge in [0.05, 0.1) is 30.7 Å². The van der Waals surface area contributed by atoms with Crippen LogP contribution >= 0.6 is 15.9 Å². The number of benzene rings is 3. The lowest BCUT2D eigenvalue weighted by molar-refractivity contribution is 0.0971. The molecule has 0 spiro atoms. The van der Waals surface area contributed by atoms with Crippen molar-refractivity contribution in [2.75, 3.05) is 18.6 Å². The van der Waals surface area contributed by atoms with Crippen LogP contribution < -0.4 is 19.8 Å². The summed E-state index contributed by atoms with van der Waals surface area (Å²) in [6.07, 6.45) is 0. The van der Waals surface area contributed by atoms with Crippen molar-refractivity contribution in [1.29, 1.82) is 0 Å². The third kappa shape index (κ3) is 3.58. The van der Waals surface area contributed by atoms with Gasteiger partial charge in [0.15, 0.2) is 5.43 Å². The van der Waals surface area contributed by atoms with Crippen LogP contribution in [0.3, 0.4) is 0 Å². The van der Waals surface area contributed by atoms with E-state index < -0.39 is 6.04 Å². The molecule has 166 valence electrons. The summed E-state index contributed by atoms with van der Waals surface area (Å²) in [5.41, 5.74) is 1.89. The van der Waals surface area contributed by atoms with Crippen molar-refractivity contribution in [2.24, 2.45) is 0 Å². The molecule has 0 radical (unpaired) electrons. The standard InChI is InChI=1S/C26H20BrNO5/c1-3-32-19-9-4-15(5-10-19)23-22-24(29)20-14-16(27)6-13-21(20)33-25(22)26(30)28(23)17-7-11-18(31-2)12-8-17/h4-14,23H,3H2,1-2H3. The molecule has 33 heavy (non-hydrogen) atoms. The molecule has 4 aromatic rings. The van der Waals surface area contributed by atoms with E-state index in [1.165, 1.54) is 0 Å². The summed E-state index contributed by atoms with van der Waals surface area (Å²) >= 11 is 3.42. The average molecular weight is 506 g/mol. The highest BCUT2D eigenvalue weighted by atomic mass is 79.9. The Hall–Kier alpha value is -3.58. The summed E-state index contributed by atoms with van der Waals surface area (Å²) in [5, 5.41) is 0.420. The van der Waals surface area contributed by atoms with Gasteiger partial charge in [0.1, 0.15) is 17.1 Å². The number of ether oxygens (including phenoxy) is 2. The first-order valence-corrected chi connectivity index (χ1v) is 11.3. The number of nitrogens with zero attached hydrogens (tertiary/aromatic N) is 1. The summed E-state index contributed by atoms with van der Waals surface area (Å²) in [4.78, 5) is 28.8. The molecule has 0 saturated heterocycles. The highest BCUT2D eigenvalue weighted by Gasteiger charge is 2.43. The molecular weight excluding hydrogens is 486 g/mol. The second-order valence-corrected chi connectivity index (χ2v) is 8.51. The zero-order valence-corrected chi connectivity index (χ0v) is 19.6. The number of halogens is 1. The van der Waals surface area contributed by atoms with E-state index in [0.717, 1.165) is 15.8 Å². The summed E-state index contributed by atoms with van der Waals surface area (Å²) < 4.78 is 17.6. The lowest BCUT2D eigenvalue weighted by Crippen LogP contribution is -2.29. The Morgan fingerprint density at radius 1 is 0.970 bits per heavy atom. The third-order valence-electron chi connectivity index (χ3n) is 5.69. The van der Waals surface area contributed by atoms with Gasteiger partial charge >= 0.3 is 0 Å². The molecule has 6 nitrogen and oxygen atoms in total. The van der Waals surface area contributed by atoms with Crippen molar-refractivity contribution in [1.82, 2.24) is 0 Å². The molecule has 3 aromatic carbocycles. The predicted molar refractivity (Wildman–Crippen MR) is 129 cm³/mol. The summed E-state index contributed by atoms with van der Waals surface area (Å²) in [6.45, 7) is 2.46. The zero-order chi connectivity index (χ0) is 23.1. The molecule has 7 heteroatoms. The molecule has 1 aromatic heterocycles. The van der Waals surface area contributed by atoms with Crippen LogP contribution in [0.2, 0.25) is 0 Å². The fourth-order valence-corrected chi connectivity index (χ4v) is 4.54. The highest BCUT2D eigenvalue weighted by molar-refractivity contribution is 9.10. The number of rotatable bonds is 5. The molecule has 2 heterocycles. The Labute approximate surface area is 198 Å². The molecule has 0 bridgehead atoms. The lowest BCUT2D eigenvalue weighted by atomic mass is 9.98. The minimum absolute atomic E-state index is 0.0597.